The first kappa shape index (κ1) is 12.8. The quantitative estimate of drug-likeness (QED) is 0.487. The zero-order chi connectivity index (χ0) is 13.3. The molecule has 0 spiro atoms. The number of hydrogen-bond donors (Lipinski definition) is 0. The Morgan fingerprint density at radius 3 is 2.61 bits per heavy atom. The van der Waals surface area contributed by atoms with Crippen LogP contribution in [-0.4, -0.2) is 17.9 Å². The second kappa shape index (κ2) is 4.92. The van der Waals surface area contributed by atoms with Gasteiger partial charge < -0.3 is 4.74 Å². The van der Waals surface area contributed by atoms with Crippen molar-refractivity contribution in [1.29, 1.82) is 0 Å². The van der Waals surface area contributed by atoms with E-state index in [1.807, 2.05) is 19.9 Å². The molecule has 0 aromatic heterocycles. The maximum atomic E-state index is 12.2. The Morgan fingerprint density at radius 1 is 1.17 bits per heavy atom. The number of Topliss-reactive ketones (excluding diaryl/α,β-unsaturated/α-hetero) is 1. The first-order chi connectivity index (χ1) is 8.49. The third-order valence-corrected chi connectivity index (χ3v) is 3.44. The van der Waals surface area contributed by atoms with Crippen LogP contribution in [0.15, 0.2) is 34.4 Å². The van der Waals surface area contributed by atoms with E-state index in [0.29, 0.717) is 17.6 Å². The molecule has 0 bridgehead atoms. The molecule has 96 valence electrons. The van der Waals surface area contributed by atoms with Crippen LogP contribution in [0.1, 0.15) is 40.0 Å². The molecule has 0 fully saturated rings. The molecule has 0 saturated heterocycles. The number of carbonyl (C=O) groups excluding carboxylic acids is 2. The van der Waals surface area contributed by atoms with Gasteiger partial charge in [0.1, 0.15) is 6.10 Å². The standard InChI is InChI=1S/C15H18O3/c1-9-5-4-6-10(2)8-13-14(12(16)7-9)11(3)15(17)18-13/h5,8,13H,4,6-7H2,1-3H3/b9-5+,10-8+/t13-/m1/s1. The van der Waals surface area contributed by atoms with Crippen molar-refractivity contribution in [2.45, 2.75) is 46.1 Å². The summed E-state index contributed by atoms with van der Waals surface area (Å²) in [4.78, 5) is 23.8. The molecule has 3 heteroatoms. The number of carbonyl (C=O) groups is 2. The second-order valence-electron chi connectivity index (χ2n) is 5.07. The summed E-state index contributed by atoms with van der Waals surface area (Å²) < 4.78 is 5.26. The van der Waals surface area contributed by atoms with Gasteiger partial charge in [0, 0.05) is 17.6 Å². The number of allylic oxidation sites excluding steroid dienone is 3. The molecule has 1 atom stereocenters. The number of rotatable bonds is 0. The van der Waals surface area contributed by atoms with E-state index >= 15 is 0 Å². The highest BCUT2D eigenvalue weighted by atomic mass is 16.5. The fourth-order valence-electron chi connectivity index (χ4n) is 2.38. The summed E-state index contributed by atoms with van der Waals surface area (Å²) in [7, 11) is 0. The predicted molar refractivity (Wildman–Crippen MR) is 69.0 cm³/mol. The summed E-state index contributed by atoms with van der Waals surface area (Å²) in [5.41, 5.74) is 3.21. The number of esters is 1. The topological polar surface area (TPSA) is 43.4 Å². The lowest BCUT2D eigenvalue weighted by atomic mass is 9.93. The summed E-state index contributed by atoms with van der Waals surface area (Å²) in [6.45, 7) is 5.64. The van der Waals surface area contributed by atoms with Crippen molar-refractivity contribution in [3.05, 3.63) is 34.4 Å². The molecule has 2 rings (SSSR count). The summed E-state index contributed by atoms with van der Waals surface area (Å²) in [6, 6.07) is 0. The zero-order valence-electron chi connectivity index (χ0n) is 11.1. The maximum absolute atomic E-state index is 12.2. The molecule has 2 aliphatic rings. The Morgan fingerprint density at radius 2 is 1.89 bits per heavy atom. The fourth-order valence-corrected chi connectivity index (χ4v) is 2.38. The molecule has 0 unspecified atom stereocenters. The van der Waals surface area contributed by atoms with Crippen molar-refractivity contribution < 1.29 is 14.3 Å². The van der Waals surface area contributed by atoms with Crippen LogP contribution in [0.2, 0.25) is 0 Å². The summed E-state index contributed by atoms with van der Waals surface area (Å²) in [5.74, 6) is -0.365. The third-order valence-electron chi connectivity index (χ3n) is 3.44. The van der Waals surface area contributed by atoms with Gasteiger partial charge in [-0.05, 0) is 39.7 Å². The molecular weight excluding hydrogens is 228 g/mol. The van der Waals surface area contributed by atoms with E-state index in [-0.39, 0.29) is 11.8 Å². The predicted octanol–water partition coefficient (Wildman–Crippen LogP) is 2.87. The smallest absolute Gasteiger partial charge is 0.335 e. The van der Waals surface area contributed by atoms with Gasteiger partial charge in [0.2, 0.25) is 0 Å². The molecule has 18 heavy (non-hydrogen) atoms. The van der Waals surface area contributed by atoms with Crippen LogP contribution in [0.25, 0.3) is 0 Å². The van der Waals surface area contributed by atoms with Gasteiger partial charge in [-0.15, -0.1) is 0 Å². The van der Waals surface area contributed by atoms with Crippen LogP contribution in [0.3, 0.4) is 0 Å². The van der Waals surface area contributed by atoms with Crippen LogP contribution < -0.4 is 0 Å². The summed E-state index contributed by atoms with van der Waals surface area (Å²) in [5, 5.41) is 0. The molecule has 1 heterocycles. The van der Waals surface area contributed by atoms with Gasteiger partial charge in [-0.25, -0.2) is 4.79 Å². The second-order valence-corrected chi connectivity index (χ2v) is 5.07. The lowest BCUT2D eigenvalue weighted by Crippen LogP contribution is -2.16. The van der Waals surface area contributed by atoms with Gasteiger partial charge >= 0.3 is 5.97 Å². The number of ether oxygens (including phenoxy) is 1. The minimum Gasteiger partial charge on any atom is -0.450 e. The fraction of sp³-hybridized carbons (Fsp3) is 0.467. The van der Waals surface area contributed by atoms with E-state index < -0.39 is 6.10 Å². The highest BCUT2D eigenvalue weighted by Gasteiger charge is 2.34. The monoisotopic (exact) mass is 246 g/mol. The first-order valence-electron chi connectivity index (χ1n) is 6.27. The van der Waals surface area contributed by atoms with E-state index in [4.69, 9.17) is 4.74 Å². The van der Waals surface area contributed by atoms with Crippen molar-refractivity contribution in [2.24, 2.45) is 0 Å². The largest absolute Gasteiger partial charge is 0.450 e. The summed E-state index contributed by atoms with van der Waals surface area (Å²) >= 11 is 0. The Hall–Kier alpha value is -1.64. The lowest BCUT2D eigenvalue weighted by molar-refractivity contribution is -0.138. The van der Waals surface area contributed by atoms with E-state index in [1.165, 1.54) is 0 Å². The van der Waals surface area contributed by atoms with Crippen molar-refractivity contribution in [1.82, 2.24) is 0 Å². The highest BCUT2D eigenvalue weighted by Crippen LogP contribution is 2.28. The molecule has 0 N–H and O–H groups in total. The zero-order valence-corrected chi connectivity index (χ0v) is 11.1. The van der Waals surface area contributed by atoms with Gasteiger partial charge in [0.15, 0.2) is 5.78 Å². The average Bonchev–Trinajstić information content (AvgIpc) is 2.53. The maximum Gasteiger partial charge on any atom is 0.335 e. The minimum atomic E-state index is -0.476. The van der Waals surface area contributed by atoms with Crippen molar-refractivity contribution in [2.75, 3.05) is 0 Å². The Balaban J connectivity index is 2.43. The molecule has 0 aromatic carbocycles. The first-order valence-corrected chi connectivity index (χ1v) is 6.27. The van der Waals surface area contributed by atoms with Crippen LogP contribution >= 0.6 is 0 Å². The van der Waals surface area contributed by atoms with Crippen LogP contribution in [0.5, 0.6) is 0 Å². The van der Waals surface area contributed by atoms with E-state index in [0.717, 1.165) is 24.0 Å². The number of hydrogen-bond acceptors (Lipinski definition) is 3. The minimum absolute atomic E-state index is 0.00282. The molecule has 1 aliphatic heterocycles. The third kappa shape index (κ3) is 2.45. The van der Waals surface area contributed by atoms with Gasteiger partial charge in [-0.3, -0.25) is 4.79 Å². The summed E-state index contributed by atoms with van der Waals surface area (Å²) in [6.07, 6.45) is 5.77. The van der Waals surface area contributed by atoms with Gasteiger partial charge in [0.25, 0.3) is 0 Å². The van der Waals surface area contributed by atoms with E-state index in [9.17, 15) is 9.59 Å². The van der Waals surface area contributed by atoms with Crippen molar-refractivity contribution in [3.63, 3.8) is 0 Å². The average molecular weight is 246 g/mol. The van der Waals surface area contributed by atoms with Crippen LogP contribution in [-0.2, 0) is 14.3 Å². The molecule has 3 nitrogen and oxygen atoms in total. The van der Waals surface area contributed by atoms with E-state index in [2.05, 4.69) is 6.08 Å². The highest BCUT2D eigenvalue weighted by molar-refractivity contribution is 6.08. The van der Waals surface area contributed by atoms with Crippen LogP contribution in [0.4, 0.5) is 0 Å². The molecule has 0 saturated carbocycles. The molecule has 0 aromatic rings. The molecule has 1 aliphatic carbocycles. The molecule has 0 radical (unpaired) electrons. The molecular formula is C15H18O3. The Bertz CT molecular complexity index is 492. The number of fused-ring (bicyclic) bond motifs is 1. The van der Waals surface area contributed by atoms with Crippen molar-refractivity contribution >= 4 is 11.8 Å². The lowest BCUT2D eigenvalue weighted by Gasteiger charge is -2.13. The number of ketones is 1. The Kier molecular flexibility index (Phi) is 3.50. The van der Waals surface area contributed by atoms with Gasteiger partial charge in [0.05, 0.1) is 0 Å². The van der Waals surface area contributed by atoms with E-state index in [1.54, 1.807) is 6.92 Å². The van der Waals surface area contributed by atoms with Crippen LogP contribution in [0, 0.1) is 0 Å². The SMILES string of the molecule is CC1=C2C(=O)C/C(C)=C/CC/C(C)=C/[C@H]2OC1=O. The van der Waals surface area contributed by atoms with Gasteiger partial charge in [-0.1, -0.05) is 17.2 Å². The van der Waals surface area contributed by atoms with Gasteiger partial charge in [-0.2, -0.15) is 0 Å². The Labute approximate surface area is 107 Å². The van der Waals surface area contributed by atoms with Crippen molar-refractivity contribution in [3.8, 4) is 0 Å². The normalized spacial score (nSPS) is 31.2. The molecule has 0 amide bonds.